The zero-order valence-electron chi connectivity index (χ0n) is 8.24. The molecule has 0 aliphatic carbocycles. The molecule has 0 aromatic carbocycles. The fourth-order valence-corrected chi connectivity index (χ4v) is 1.41. The van der Waals surface area contributed by atoms with E-state index in [1.54, 1.807) is 10.1 Å². The van der Waals surface area contributed by atoms with Crippen LogP contribution in [0.5, 0.6) is 5.88 Å². The number of H-pyrrole nitrogens is 2. The molecule has 12 nitrogen and oxygen atoms in total. The van der Waals surface area contributed by atoms with Gasteiger partial charge in [-0.15, -0.1) is 0 Å². The van der Waals surface area contributed by atoms with Crippen molar-refractivity contribution in [3.8, 4) is 5.88 Å². The highest BCUT2D eigenvalue weighted by molar-refractivity contribution is 5.61. The predicted molar refractivity (Wildman–Crippen MR) is 53.6 cm³/mol. The monoisotopic (exact) mass is 257 g/mol. The van der Waals surface area contributed by atoms with Crippen LogP contribution in [0.15, 0.2) is 9.59 Å². The van der Waals surface area contributed by atoms with Gasteiger partial charge in [0, 0.05) is 0 Å². The highest BCUT2D eigenvalue weighted by atomic mass is 16.6. The van der Waals surface area contributed by atoms with E-state index >= 15 is 0 Å². The van der Waals surface area contributed by atoms with Crippen LogP contribution in [0.2, 0.25) is 0 Å². The van der Waals surface area contributed by atoms with Crippen LogP contribution in [0, 0.1) is 20.2 Å². The molecule has 0 radical (unpaired) electrons. The number of nitrogens with one attached hydrogen (secondary N) is 2. The Hall–Kier alpha value is -3.18. The van der Waals surface area contributed by atoms with Crippen LogP contribution in [-0.2, 0) is 0 Å². The number of rotatable bonds is 2. The molecule has 2 heterocycles. The van der Waals surface area contributed by atoms with Crippen molar-refractivity contribution in [2.24, 2.45) is 0 Å². The average Bonchev–Trinajstić information content (AvgIpc) is 2.54. The second kappa shape index (κ2) is 3.41. The number of aromatic hydroxyl groups is 1. The zero-order valence-corrected chi connectivity index (χ0v) is 8.24. The van der Waals surface area contributed by atoms with E-state index in [9.17, 15) is 34.9 Å². The van der Waals surface area contributed by atoms with E-state index in [4.69, 9.17) is 0 Å². The van der Waals surface area contributed by atoms with Crippen molar-refractivity contribution in [3.63, 3.8) is 0 Å². The summed E-state index contributed by atoms with van der Waals surface area (Å²) in [4.78, 5) is 43.1. The third-order valence-electron chi connectivity index (χ3n) is 2.11. The standard InChI is InChI=1S/C6H3N5O7/c12-4-2(11(17)18)6(14)9-3(7-4)1(10(15)16)5(13)8-9/h14H,(H,7,12)(H,8,13). The molecule has 0 aliphatic heterocycles. The van der Waals surface area contributed by atoms with E-state index in [1.807, 2.05) is 0 Å². The Balaban J connectivity index is 3.05. The fourth-order valence-electron chi connectivity index (χ4n) is 1.41. The maximum Gasteiger partial charge on any atom is 0.395 e. The first-order valence-corrected chi connectivity index (χ1v) is 4.23. The first-order chi connectivity index (χ1) is 8.34. The van der Waals surface area contributed by atoms with Crippen molar-refractivity contribution in [1.29, 1.82) is 0 Å². The molecule has 0 amide bonds. The van der Waals surface area contributed by atoms with Crippen LogP contribution in [0.1, 0.15) is 0 Å². The molecule has 0 spiro atoms. The van der Waals surface area contributed by atoms with E-state index in [2.05, 4.69) is 0 Å². The first-order valence-electron chi connectivity index (χ1n) is 4.23. The van der Waals surface area contributed by atoms with Gasteiger partial charge in [0.15, 0.2) is 0 Å². The quantitative estimate of drug-likeness (QED) is 0.448. The van der Waals surface area contributed by atoms with Gasteiger partial charge in [0.05, 0.1) is 9.85 Å². The molecule has 0 fully saturated rings. The molecule has 2 rings (SSSR count). The van der Waals surface area contributed by atoms with Gasteiger partial charge in [-0.1, -0.05) is 0 Å². The summed E-state index contributed by atoms with van der Waals surface area (Å²) in [6.45, 7) is 0. The summed E-state index contributed by atoms with van der Waals surface area (Å²) in [6.07, 6.45) is 0. The molecular weight excluding hydrogens is 254 g/mol. The van der Waals surface area contributed by atoms with Gasteiger partial charge in [-0.25, -0.2) is 5.10 Å². The Morgan fingerprint density at radius 3 is 2.11 bits per heavy atom. The molecule has 0 saturated carbocycles. The number of hydrogen-bond acceptors (Lipinski definition) is 7. The molecule has 2 aromatic heterocycles. The van der Waals surface area contributed by atoms with E-state index in [1.165, 1.54) is 0 Å². The summed E-state index contributed by atoms with van der Waals surface area (Å²) in [6, 6.07) is 0. The van der Waals surface area contributed by atoms with Crippen LogP contribution in [0.4, 0.5) is 11.4 Å². The van der Waals surface area contributed by atoms with Crippen LogP contribution in [-0.4, -0.2) is 29.6 Å². The van der Waals surface area contributed by atoms with Gasteiger partial charge >= 0.3 is 22.5 Å². The van der Waals surface area contributed by atoms with Crippen LogP contribution < -0.4 is 11.1 Å². The minimum Gasteiger partial charge on any atom is -0.488 e. The predicted octanol–water partition coefficient (Wildman–Crippen LogP) is -1.16. The Kier molecular flexibility index (Phi) is 2.14. The number of hydrogen-bond donors (Lipinski definition) is 3. The Morgan fingerprint density at radius 2 is 1.61 bits per heavy atom. The molecular formula is C6H3N5O7. The number of aromatic amines is 2. The summed E-state index contributed by atoms with van der Waals surface area (Å²) in [5.41, 5.74) is -5.51. The van der Waals surface area contributed by atoms with Gasteiger partial charge in [-0.05, 0) is 0 Å². The van der Waals surface area contributed by atoms with E-state index < -0.39 is 43.9 Å². The lowest BCUT2D eigenvalue weighted by molar-refractivity contribution is -0.388. The number of nitro groups is 2. The minimum absolute atomic E-state index is 0.361. The van der Waals surface area contributed by atoms with Crippen LogP contribution in [0.3, 0.4) is 0 Å². The molecule has 0 atom stereocenters. The van der Waals surface area contributed by atoms with Crippen LogP contribution >= 0.6 is 0 Å². The van der Waals surface area contributed by atoms with E-state index in [0.29, 0.717) is 4.52 Å². The third-order valence-corrected chi connectivity index (χ3v) is 2.11. The number of nitrogens with zero attached hydrogens (tertiary/aromatic N) is 3. The maximum absolute atomic E-state index is 11.3. The molecule has 3 N–H and O–H groups in total. The highest BCUT2D eigenvalue weighted by Crippen LogP contribution is 2.22. The van der Waals surface area contributed by atoms with Crippen molar-refractivity contribution in [2.75, 3.05) is 0 Å². The molecule has 0 bridgehead atoms. The minimum atomic E-state index is -1.36. The fraction of sp³-hybridized carbons (Fsp3) is 0. The largest absolute Gasteiger partial charge is 0.488 e. The van der Waals surface area contributed by atoms with Crippen molar-refractivity contribution in [1.82, 2.24) is 14.6 Å². The Bertz CT molecular complexity index is 795. The summed E-state index contributed by atoms with van der Waals surface area (Å²) in [5, 5.41) is 32.3. The molecule has 0 unspecified atom stereocenters. The van der Waals surface area contributed by atoms with Gasteiger partial charge in [0.1, 0.15) is 0 Å². The summed E-state index contributed by atoms with van der Waals surface area (Å²) in [5.74, 6) is -1.20. The third kappa shape index (κ3) is 1.32. The smallest absolute Gasteiger partial charge is 0.395 e. The van der Waals surface area contributed by atoms with E-state index in [-0.39, 0.29) is 0 Å². The second-order valence-corrected chi connectivity index (χ2v) is 3.11. The zero-order chi connectivity index (χ0) is 13.6. The topological polar surface area (TPSA) is 177 Å². The van der Waals surface area contributed by atoms with Gasteiger partial charge in [-0.2, -0.15) is 4.52 Å². The SMILES string of the molecule is O=c1[nH]c2c([N+](=O)[O-])c(=O)[nH]n2c(O)c1[N+](=O)[O-]. The summed E-state index contributed by atoms with van der Waals surface area (Å²) < 4.78 is 0.361. The molecule has 0 saturated heterocycles. The van der Waals surface area contributed by atoms with Crippen molar-refractivity contribution >= 4 is 17.0 Å². The Morgan fingerprint density at radius 1 is 1.06 bits per heavy atom. The lowest BCUT2D eigenvalue weighted by Crippen LogP contribution is -2.14. The first kappa shape index (κ1) is 11.3. The number of fused-ring (bicyclic) bond motifs is 1. The highest BCUT2D eigenvalue weighted by Gasteiger charge is 2.29. The lowest BCUT2D eigenvalue weighted by Gasteiger charge is -1.97. The lowest BCUT2D eigenvalue weighted by atomic mass is 10.4. The summed E-state index contributed by atoms with van der Waals surface area (Å²) >= 11 is 0. The molecule has 0 aliphatic rings. The molecule has 2 aromatic rings. The van der Waals surface area contributed by atoms with Gasteiger partial charge in [0.25, 0.3) is 5.88 Å². The molecule has 18 heavy (non-hydrogen) atoms. The van der Waals surface area contributed by atoms with Gasteiger partial charge < -0.3 is 5.11 Å². The second-order valence-electron chi connectivity index (χ2n) is 3.11. The average molecular weight is 257 g/mol. The van der Waals surface area contributed by atoms with Crippen molar-refractivity contribution < 1.29 is 15.0 Å². The maximum atomic E-state index is 11.3. The van der Waals surface area contributed by atoms with Gasteiger partial charge in [-0.3, -0.25) is 34.8 Å². The van der Waals surface area contributed by atoms with E-state index in [0.717, 1.165) is 0 Å². The Labute approximate surface area is 94.4 Å². The van der Waals surface area contributed by atoms with Crippen molar-refractivity contribution in [2.45, 2.75) is 0 Å². The normalized spacial score (nSPS) is 10.7. The van der Waals surface area contributed by atoms with Crippen LogP contribution in [0.25, 0.3) is 5.65 Å². The molecule has 94 valence electrons. The summed E-state index contributed by atoms with van der Waals surface area (Å²) in [7, 11) is 0. The van der Waals surface area contributed by atoms with Crippen molar-refractivity contribution in [3.05, 3.63) is 40.9 Å². The van der Waals surface area contributed by atoms with Gasteiger partial charge in [0.2, 0.25) is 5.65 Å². The number of aromatic nitrogens is 3. The molecule has 12 heteroatoms.